The van der Waals surface area contributed by atoms with Crippen molar-refractivity contribution in [3.05, 3.63) is 29.8 Å². The summed E-state index contributed by atoms with van der Waals surface area (Å²) in [6, 6.07) is -19.1. The third-order valence-electron chi connectivity index (χ3n) is 21.8. The number of amides is 20. The number of phenols is 1. The second-order valence-electron chi connectivity index (χ2n) is 34.0. The summed E-state index contributed by atoms with van der Waals surface area (Å²) >= 11 is 2.84. The molecular formula is C82H133N27O22S3. The van der Waals surface area contributed by atoms with Gasteiger partial charge in [0.2, 0.25) is 118 Å². The molecule has 52 heteroatoms. The van der Waals surface area contributed by atoms with Crippen molar-refractivity contribution in [1.29, 1.82) is 10.8 Å². The van der Waals surface area contributed by atoms with Crippen molar-refractivity contribution in [3.8, 4) is 5.75 Å². The predicted octanol–water partition coefficient (Wildman–Crippen LogP) is -8.74. The zero-order valence-electron chi connectivity index (χ0n) is 76.5. The van der Waals surface area contributed by atoms with Gasteiger partial charge in [0.1, 0.15) is 90.3 Å². The van der Waals surface area contributed by atoms with Crippen LogP contribution in [0.3, 0.4) is 0 Å². The van der Waals surface area contributed by atoms with Crippen LogP contribution >= 0.6 is 35.3 Å². The quantitative estimate of drug-likeness (QED) is 0.0233. The number of hydrogen-bond donors (Lipinski definition) is 25. The van der Waals surface area contributed by atoms with E-state index in [4.69, 9.17) is 45.2 Å². The van der Waals surface area contributed by atoms with E-state index in [-0.39, 0.29) is 136 Å². The number of primary amides is 3. The van der Waals surface area contributed by atoms with Crippen molar-refractivity contribution in [2.45, 2.75) is 242 Å². The number of nitrogens with zero attached hydrogens (tertiary/aromatic N) is 4. The Labute approximate surface area is 788 Å². The van der Waals surface area contributed by atoms with Gasteiger partial charge in [-0.3, -0.25) is 107 Å². The number of aliphatic hydroxyl groups excluding tert-OH is 1. The molecule has 4 heterocycles. The van der Waals surface area contributed by atoms with E-state index >= 15 is 14.4 Å². The minimum atomic E-state index is -1.99. The van der Waals surface area contributed by atoms with Crippen LogP contribution in [0.2, 0.25) is 0 Å². The van der Waals surface area contributed by atoms with Gasteiger partial charge in [0.15, 0.2) is 11.9 Å². The average Bonchev–Trinajstić information content (AvgIpc) is 1.31. The summed E-state index contributed by atoms with van der Waals surface area (Å²) in [6.45, 7) is 9.80. The molecule has 746 valence electrons. The maximum absolute atomic E-state index is 15.6. The lowest BCUT2D eigenvalue weighted by Crippen LogP contribution is -2.62. The minimum Gasteiger partial charge on any atom is -0.508 e. The molecule has 0 aromatic heterocycles. The van der Waals surface area contributed by atoms with Gasteiger partial charge in [0, 0.05) is 79.8 Å². The minimum absolute atomic E-state index is 0.0103. The molecule has 4 bridgehead atoms. The first-order chi connectivity index (χ1) is 63.2. The van der Waals surface area contributed by atoms with E-state index in [1.807, 2.05) is 0 Å². The Balaban J connectivity index is 1.74. The van der Waals surface area contributed by atoms with Crippen LogP contribution in [-0.2, 0) is 102 Å². The third kappa shape index (κ3) is 38.1. The van der Waals surface area contributed by atoms with Crippen molar-refractivity contribution in [3.63, 3.8) is 0 Å². The van der Waals surface area contributed by atoms with Crippen molar-refractivity contribution in [1.82, 2.24) is 99.4 Å². The number of carbonyl (C=O) groups excluding carboxylic acids is 20. The maximum Gasteiger partial charge on any atom is 0.246 e. The lowest BCUT2D eigenvalue weighted by Gasteiger charge is -2.42. The van der Waals surface area contributed by atoms with Crippen LogP contribution in [0.5, 0.6) is 5.75 Å². The Morgan fingerprint density at radius 3 is 1.41 bits per heavy atom. The van der Waals surface area contributed by atoms with Crippen LogP contribution < -0.4 is 114 Å². The smallest absolute Gasteiger partial charge is 0.246 e. The van der Waals surface area contributed by atoms with Crippen LogP contribution in [0.25, 0.3) is 0 Å². The van der Waals surface area contributed by atoms with Gasteiger partial charge in [-0.15, -0.1) is 0 Å². The molecule has 4 saturated heterocycles. The number of rotatable bonds is 26. The Hall–Kier alpha value is -12.1. The lowest BCUT2D eigenvalue weighted by molar-refractivity contribution is -0.158. The zero-order chi connectivity index (χ0) is 99.9. The van der Waals surface area contributed by atoms with Crippen LogP contribution in [0.15, 0.2) is 24.3 Å². The summed E-state index contributed by atoms with van der Waals surface area (Å²) in [5.41, 5.74) is 34.2. The second kappa shape index (κ2) is 56.2. The summed E-state index contributed by atoms with van der Waals surface area (Å²) in [7, 11) is 0. The fraction of sp³-hybridized carbons (Fsp3) is 0.659. The van der Waals surface area contributed by atoms with E-state index in [2.05, 4.69) is 79.8 Å². The molecule has 134 heavy (non-hydrogen) atoms. The molecule has 5 rings (SSSR count). The fourth-order valence-electron chi connectivity index (χ4n) is 14.3. The Morgan fingerprint density at radius 1 is 0.507 bits per heavy atom. The zero-order valence-corrected chi connectivity index (χ0v) is 79.0. The molecule has 0 radical (unpaired) electrons. The van der Waals surface area contributed by atoms with E-state index in [9.17, 15) is 91.7 Å². The van der Waals surface area contributed by atoms with Gasteiger partial charge in [-0.05, 0) is 101 Å². The number of nitrogens with one attached hydrogen (secondary N) is 17. The van der Waals surface area contributed by atoms with Crippen LogP contribution in [0.1, 0.15) is 151 Å². The van der Waals surface area contributed by atoms with Gasteiger partial charge in [-0.2, -0.15) is 35.3 Å². The number of aromatic hydroxyl groups is 1. The Bertz CT molecular complexity index is 4350. The van der Waals surface area contributed by atoms with E-state index < -0.39 is 291 Å². The highest BCUT2D eigenvalue weighted by atomic mass is 32.2. The largest absolute Gasteiger partial charge is 0.508 e. The summed E-state index contributed by atoms with van der Waals surface area (Å²) in [4.78, 5) is 293. The number of hydrogen-bond acceptors (Lipinski definition) is 28. The van der Waals surface area contributed by atoms with Crippen molar-refractivity contribution >= 4 is 165 Å². The molecule has 0 saturated carbocycles. The number of guanidine groups is 2. The average molecular weight is 1950 g/mol. The van der Waals surface area contributed by atoms with Gasteiger partial charge in [0.25, 0.3) is 0 Å². The third-order valence-corrected chi connectivity index (χ3v) is 25.0. The molecule has 1 aromatic carbocycles. The highest BCUT2D eigenvalue weighted by molar-refractivity contribution is 7.99. The standard InChI is InChI=1S/C82H133N27O22S3/c1-9-43(6)65-79(130)100-54(33-61(85)113)74(125)103-56(76(127)93-45(8)66(86)117)35-132-26-20-62(114)106-38-107-40-108(39-106)64(116)22-28-134-37-58(80(131)109-25-12-15-59(109)78(129)95-49(69(120)105-65)14-11-24-92-82(89)90)104-71(122)51(30-42(4)5)96-73(124)53(32-60(84)112)99-72(123)52(31-46-16-18-47(111)19-17-46)98-75(126)55(34-110)101-68(119)48(13-10-23-91-81(87)88)94-70(121)50(29-41(2)3)97-77(128)57(102-67(118)44(7)83)36-133-27-21-63(107)115/h16-19,41-45,48-59,65,110-111H,9-15,20-40,83H2,1-8H3,(H2,84,112)(H2,85,113)(H2,86,117)(H,93,127)(H,94,121)(H,95,129)(H,96,124)(H,97,128)(H,98,126)(H,99,123)(H,100,130)(H,101,119)(H,102,118)(H,103,125)(H,104,122)(H,105,120)(H4,87,88,91)(H4,89,90,92)/t43-,44-,45-,48-,49-,50-,51-,52-,53-,54-,55-,56-,57-,58-,59-,65-/m0/s1. The van der Waals surface area contributed by atoms with Crippen molar-refractivity contribution in [2.24, 2.45) is 52.2 Å². The van der Waals surface area contributed by atoms with Gasteiger partial charge in [-0.1, -0.05) is 60.1 Å². The molecule has 4 aliphatic rings. The first kappa shape index (κ1) is 112. The van der Waals surface area contributed by atoms with Crippen LogP contribution in [0.4, 0.5) is 0 Å². The van der Waals surface area contributed by atoms with E-state index in [1.165, 1.54) is 52.8 Å². The first-order valence-electron chi connectivity index (χ1n) is 44.2. The molecule has 4 fully saturated rings. The monoisotopic (exact) mass is 1940 g/mol. The van der Waals surface area contributed by atoms with Gasteiger partial charge in [0.05, 0.1) is 45.5 Å². The topological polar surface area (TPSA) is 779 Å². The number of carbonyl (C=O) groups is 20. The molecule has 1 aromatic rings. The highest BCUT2D eigenvalue weighted by Crippen LogP contribution is 2.25. The molecule has 0 aliphatic carbocycles. The predicted molar refractivity (Wildman–Crippen MR) is 493 cm³/mol. The van der Waals surface area contributed by atoms with E-state index in [0.717, 1.165) is 40.2 Å². The normalized spacial score (nSPS) is 25.2. The van der Waals surface area contributed by atoms with Gasteiger partial charge >= 0.3 is 0 Å². The number of phenolic OH excluding ortho intramolecular Hbond substituents is 1. The Morgan fingerprint density at radius 2 is 0.925 bits per heavy atom. The maximum atomic E-state index is 15.6. The first-order valence-corrected chi connectivity index (χ1v) is 47.6. The second-order valence-corrected chi connectivity index (χ2v) is 37.4. The van der Waals surface area contributed by atoms with E-state index in [1.54, 1.807) is 41.5 Å². The number of fused-ring (bicyclic) bond motifs is 8. The summed E-state index contributed by atoms with van der Waals surface area (Å²) in [6.07, 6.45) is -4.07. The molecule has 4 aliphatic heterocycles. The molecule has 0 unspecified atom stereocenters. The van der Waals surface area contributed by atoms with Crippen LogP contribution in [0, 0.1) is 28.6 Å². The van der Waals surface area contributed by atoms with Crippen molar-refractivity contribution in [2.75, 3.05) is 80.8 Å². The molecule has 31 N–H and O–H groups in total. The summed E-state index contributed by atoms with van der Waals surface area (Å²) in [5.74, 6) is -24.2. The van der Waals surface area contributed by atoms with Gasteiger partial charge < -0.3 is 144 Å². The molecule has 20 amide bonds. The summed E-state index contributed by atoms with van der Waals surface area (Å²) in [5, 5.41) is 74.7. The molecule has 0 spiro atoms. The highest BCUT2D eigenvalue weighted by Gasteiger charge is 2.44. The molecular weight excluding hydrogens is 1810 g/mol. The SMILES string of the molecule is CC[C@H](C)[C@@H]1NC(=O)[C@H](CCCNC(=N)N)NC(=O)[C@@H]2CCCN2C(=O)[C@@H]2CSCCC(=O)N3CN(CN(C3)C(=O)CCSC[C@@H](C(=O)N[C@@H](C)C(N)=O)NC(=O)[C@H](CC(N)=O)NC1=O)C(=O)CCSC[C@H](NC(=O)[C@H](C)N)C(=O)N[C@@H](CC(C)C)C(=O)N[C@@H](CCCNC(=N)N)C(=O)N[C@@H](CO)C(=O)N[C@@H](Cc1ccc(O)cc1)C(=O)N[C@@H](CC(N)=O)C(=O)N[C@@H](CC(C)C)C(=O)N2. The molecule has 16 atom stereocenters. The van der Waals surface area contributed by atoms with E-state index in [0.29, 0.717) is 0 Å². The number of thioether (sulfide) groups is 3. The van der Waals surface area contributed by atoms with Crippen LogP contribution in [-0.4, -0.2) is 331 Å². The fourth-order valence-corrected chi connectivity index (χ4v) is 17.1. The lowest BCUT2D eigenvalue weighted by atomic mass is 9.96. The Kier molecular flexibility index (Phi) is 47.2. The van der Waals surface area contributed by atoms with Gasteiger partial charge in [-0.25, -0.2) is 0 Å². The number of aliphatic hydroxyl groups is 1. The molecule has 49 nitrogen and oxygen atoms in total. The summed E-state index contributed by atoms with van der Waals surface area (Å²) < 4.78 is 0. The number of benzene rings is 1. The van der Waals surface area contributed by atoms with Crippen molar-refractivity contribution < 1.29 is 106 Å². The number of nitrogens with two attached hydrogens (primary N) is 6.